The third-order valence-corrected chi connectivity index (χ3v) is 2.71. The molecule has 0 heterocycles. The highest BCUT2D eigenvalue weighted by atomic mass is 79.9. The van der Waals surface area contributed by atoms with Crippen LogP contribution in [-0.2, 0) is 4.74 Å². The predicted molar refractivity (Wildman–Crippen MR) is 68.7 cm³/mol. The van der Waals surface area contributed by atoms with Crippen LogP contribution < -0.4 is 10.5 Å². The van der Waals surface area contributed by atoms with Crippen LogP contribution in [0.4, 0.5) is 0 Å². The number of methoxy groups -OCH3 is 1. The normalized spacial score (nSPS) is 12.5. The number of benzene rings is 1. The highest BCUT2D eigenvalue weighted by molar-refractivity contribution is 9.10. The van der Waals surface area contributed by atoms with Crippen molar-refractivity contribution in [3.05, 3.63) is 28.2 Å². The molecule has 0 aliphatic carbocycles. The van der Waals surface area contributed by atoms with Gasteiger partial charge in [0.05, 0.1) is 6.61 Å². The van der Waals surface area contributed by atoms with Crippen molar-refractivity contribution >= 4 is 15.9 Å². The summed E-state index contributed by atoms with van der Waals surface area (Å²) in [6, 6.07) is 5.86. The zero-order valence-electron chi connectivity index (χ0n) is 9.70. The van der Waals surface area contributed by atoms with Gasteiger partial charge < -0.3 is 15.2 Å². The van der Waals surface area contributed by atoms with Crippen molar-refractivity contribution in [3.8, 4) is 5.75 Å². The monoisotopic (exact) mass is 287 g/mol. The topological polar surface area (TPSA) is 44.5 Å². The van der Waals surface area contributed by atoms with E-state index in [4.69, 9.17) is 15.2 Å². The highest BCUT2D eigenvalue weighted by Crippen LogP contribution is 2.27. The van der Waals surface area contributed by atoms with E-state index >= 15 is 0 Å². The molecule has 1 aromatic carbocycles. The first-order chi connectivity index (χ1) is 7.65. The van der Waals surface area contributed by atoms with Gasteiger partial charge in [0.25, 0.3) is 0 Å². The van der Waals surface area contributed by atoms with Crippen molar-refractivity contribution in [1.82, 2.24) is 0 Å². The van der Waals surface area contributed by atoms with Crippen LogP contribution in [0.15, 0.2) is 22.7 Å². The molecule has 1 aromatic rings. The molecular weight excluding hydrogens is 270 g/mol. The quantitative estimate of drug-likeness (QED) is 0.819. The Balaban J connectivity index is 2.64. The minimum atomic E-state index is -0.0325. The minimum absolute atomic E-state index is 0.0325. The fourth-order valence-electron chi connectivity index (χ4n) is 1.39. The van der Waals surface area contributed by atoms with E-state index in [1.807, 2.05) is 25.1 Å². The molecule has 0 saturated carbocycles. The van der Waals surface area contributed by atoms with Gasteiger partial charge >= 0.3 is 0 Å². The summed E-state index contributed by atoms with van der Waals surface area (Å²) in [6.45, 7) is 3.31. The Bertz CT molecular complexity index is 329. The molecule has 0 bridgehead atoms. The second-order valence-electron chi connectivity index (χ2n) is 3.67. The lowest BCUT2D eigenvalue weighted by atomic mass is 10.1. The Labute approximate surface area is 105 Å². The molecule has 3 nitrogen and oxygen atoms in total. The first-order valence-electron chi connectivity index (χ1n) is 5.32. The highest BCUT2D eigenvalue weighted by Gasteiger charge is 2.08. The molecule has 16 heavy (non-hydrogen) atoms. The van der Waals surface area contributed by atoms with Crippen molar-refractivity contribution < 1.29 is 9.47 Å². The largest absolute Gasteiger partial charge is 0.493 e. The first-order valence-corrected chi connectivity index (χ1v) is 6.11. The van der Waals surface area contributed by atoms with Crippen LogP contribution in [0.3, 0.4) is 0 Å². The Hall–Kier alpha value is -0.580. The van der Waals surface area contributed by atoms with E-state index in [0.29, 0.717) is 13.2 Å². The Morgan fingerprint density at radius 1 is 1.38 bits per heavy atom. The lowest BCUT2D eigenvalue weighted by Crippen LogP contribution is -2.09. The van der Waals surface area contributed by atoms with Gasteiger partial charge in [-0.1, -0.05) is 15.9 Å². The number of hydrogen-bond donors (Lipinski definition) is 1. The predicted octanol–water partition coefficient (Wildman–Crippen LogP) is 2.88. The Morgan fingerprint density at radius 2 is 2.12 bits per heavy atom. The summed E-state index contributed by atoms with van der Waals surface area (Å²) < 4.78 is 11.7. The number of rotatable bonds is 6. The molecule has 1 rings (SSSR count). The molecule has 0 aliphatic rings. The van der Waals surface area contributed by atoms with Crippen molar-refractivity contribution in [1.29, 1.82) is 0 Å². The maximum absolute atomic E-state index is 5.89. The lowest BCUT2D eigenvalue weighted by molar-refractivity contribution is 0.171. The van der Waals surface area contributed by atoms with E-state index in [1.165, 1.54) is 0 Å². The molecule has 0 aromatic heterocycles. The van der Waals surface area contributed by atoms with E-state index in [2.05, 4.69) is 15.9 Å². The Morgan fingerprint density at radius 3 is 2.75 bits per heavy atom. The fraction of sp³-hybridized carbons (Fsp3) is 0.500. The number of ether oxygens (including phenoxy) is 2. The van der Waals surface area contributed by atoms with Crippen molar-refractivity contribution in [3.63, 3.8) is 0 Å². The summed E-state index contributed by atoms with van der Waals surface area (Å²) in [4.78, 5) is 0. The standard InChI is InChI=1S/C12H18BrNO2/c1-9(14)11-8-10(13)4-5-12(11)16-7-3-6-15-2/h4-5,8-9H,3,6-7,14H2,1-2H3/t9-/m1/s1. The van der Waals surface area contributed by atoms with Gasteiger partial charge in [-0.2, -0.15) is 0 Å². The van der Waals surface area contributed by atoms with Gasteiger partial charge in [0.15, 0.2) is 0 Å². The summed E-state index contributed by atoms with van der Waals surface area (Å²) in [6.07, 6.45) is 0.880. The Kier molecular flexibility index (Phi) is 5.80. The maximum Gasteiger partial charge on any atom is 0.124 e. The molecule has 2 N–H and O–H groups in total. The third kappa shape index (κ3) is 4.12. The fourth-order valence-corrected chi connectivity index (χ4v) is 1.77. The van der Waals surface area contributed by atoms with E-state index in [9.17, 15) is 0 Å². The van der Waals surface area contributed by atoms with Crippen LogP contribution in [0, 0.1) is 0 Å². The molecular formula is C12H18BrNO2. The van der Waals surface area contributed by atoms with Crippen molar-refractivity contribution in [2.24, 2.45) is 5.73 Å². The molecule has 1 atom stereocenters. The number of halogens is 1. The lowest BCUT2D eigenvalue weighted by Gasteiger charge is -2.14. The van der Waals surface area contributed by atoms with Crippen LogP contribution in [-0.4, -0.2) is 20.3 Å². The van der Waals surface area contributed by atoms with Gasteiger partial charge in [-0.25, -0.2) is 0 Å². The average Bonchev–Trinajstić information content (AvgIpc) is 2.26. The molecule has 0 saturated heterocycles. The first kappa shape index (κ1) is 13.5. The summed E-state index contributed by atoms with van der Waals surface area (Å²) in [5.74, 6) is 0.856. The van der Waals surface area contributed by atoms with Gasteiger partial charge in [0, 0.05) is 36.2 Å². The molecule has 4 heteroatoms. The molecule has 0 radical (unpaired) electrons. The van der Waals surface area contributed by atoms with Crippen LogP contribution in [0.25, 0.3) is 0 Å². The van der Waals surface area contributed by atoms with E-state index < -0.39 is 0 Å². The zero-order chi connectivity index (χ0) is 12.0. The number of nitrogens with two attached hydrogens (primary N) is 1. The van der Waals surface area contributed by atoms with Gasteiger partial charge in [-0.3, -0.25) is 0 Å². The summed E-state index contributed by atoms with van der Waals surface area (Å²) >= 11 is 3.43. The van der Waals surface area contributed by atoms with Crippen molar-refractivity contribution in [2.45, 2.75) is 19.4 Å². The van der Waals surface area contributed by atoms with Crippen LogP contribution in [0.5, 0.6) is 5.75 Å². The molecule has 0 aliphatic heterocycles. The second-order valence-corrected chi connectivity index (χ2v) is 4.58. The van der Waals surface area contributed by atoms with Crippen LogP contribution in [0.1, 0.15) is 24.9 Å². The van der Waals surface area contributed by atoms with E-state index in [0.717, 1.165) is 22.2 Å². The molecule has 0 amide bonds. The van der Waals surface area contributed by atoms with Gasteiger partial charge in [-0.05, 0) is 25.1 Å². The van der Waals surface area contributed by atoms with E-state index in [1.54, 1.807) is 7.11 Å². The zero-order valence-corrected chi connectivity index (χ0v) is 11.3. The molecule has 0 unspecified atom stereocenters. The minimum Gasteiger partial charge on any atom is -0.493 e. The second kappa shape index (κ2) is 6.89. The number of hydrogen-bond acceptors (Lipinski definition) is 3. The molecule has 0 spiro atoms. The smallest absolute Gasteiger partial charge is 0.124 e. The SMILES string of the molecule is COCCCOc1ccc(Br)cc1[C@@H](C)N. The average molecular weight is 288 g/mol. The van der Waals surface area contributed by atoms with Gasteiger partial charge in [0.1, 0.15) is 5.75 Å². The third-order valence-electron chi connectivity index (χ3n) is 2.21. The molecule has 0 fully saturated rings. The van der Waals surface area contributed by atoms with Crippen molar-refractivity contribution in [2.75, 3.05) is 20.3 Å². The summed E-state index contributed by atoms with van der Waals surface area (Å²) in [5.41, 5.74) is 6.91. The maximum atomic E-state index is 5.89. The van der Waals surface area contributed by atoms with E-state index in [-0.39, 0.29) is 6.04 Å². The summed E-state index contributed by atoms with van der Waals surface area (Å²) in [5, 5.41) is 0. The van der Waals surface area contributed by atoms with Gasteiger partial charge in [-0.15, -0.1) is 0 Å². The summed E-state index contributed by atoms with van der Waals surface area (Å²) in [7, 11) is 1.69. The van der Waals surface area contributed by atoms with Crippen LogP contribution >= 0.6 is 15.9 Å². The van der Waals surface area contributed by atoms with Crippen LogP contribution in [0.2, 0.25) is 0 Å². The molecule has 90 valence electrons. The van der Waals surface area contributed by atoms with Gasteiger partial charge in [0.2, 0.25) is 0 Å².